The van der Waals surface area contributed by atoms with E-state index in [1.54, 1.807) is 19.2 Å². The number of piperidine rings is 1. The van der Waals surface area contributed by atoms with Crippen molar-refractivity contribution >= 4 is 17.5 Å². The van der Waals surface area contributed by atoms with Crippen LogP contribution in [0.2, 0.25) is 0 Å². The van der Waals surface area contributed by atoms with Crippen LogP contribution < -0.4 is 16.1 Å². The van der Waals surface area contributed by atoms with Crippen molar-refractivity contribution in [1.82, 2.24) is 25.9 Å². The molecule has 40 heavy (non-hydrogen) atoms. The first-order valence-corrected chi connectivity index (χ1v) is 13.9. The molecule has 1 atom stereocenters. The van der Waals surface area contributed by atoms with Crippen LogP contribution >= 0.6 is 0 Å². The van der Waals surface area contributed by atoms with E-state index in [1.165, 1.54) is 18.2 Å². The summed E-state index contributed by atoms with van der Waals surface area (Å²) in [5.74, 6) is -0.113. The van der Waals surface area contributed by atoms with Crippen LogP contribution in [0.5, 0.6) is 0 Å². The van der Waals surface area contributed by atoms with E-state index in [-0.39, 0.29) is 18.4 Å². The minimum atomic E-state index is -0.606. The van der Waals surface area contributed by atoms with E-state index in [2.05, 4.69) is 46.3 Å². The molecule has 10 nitrogen and oxygen atoms in total. The average molecular weight is 559 g/mol. The topological polar surface area (TPSA) is 143 Å². The lowest BCUT2D eigenvalue weighted by Crippen LogP contribution is -2.46. The number of aliphatic hydroxyl groups excluding tert-OH is 2. The van der Waals surface area contributed by atoms with Gasteiger partial charge >= 0.3 is 6.03 Å². The number of nitrogens with zero attached hydrogens (tertiary/aromatic N) is 2. The van der Waals surface area contributed by atoms with Gasteiger partial charge in [-0.3, -0.25) is 15.3 Å². The molecule has 1 saturated heterocycles. The van der Waals surface area contributed by atoms with Gasteiger partial charge in [0.2, 0.25) is 0 Å². The normalized spacial score (nSPS) is 13.6. The molecule has 1 aliphatic carbocycles. The number of H-pyrrole nitrogens is 1. The van der Waals surface area contributed by atoms with Crippen molar-refractivity contribution in [2.75, 3.05) is 38.6 Å². The molecule has 10 heteroatoms. The largest absolute Gasteiger partial charge is 0.394 e. The smallest absolute Gasteiger partial charge is 0.333 e. The third-order valence-electron chi connectivity index (χ3n) is 5.56. The van der Waals surface area contributed by atoms with Crippen LogP contribution in [-0.2, 0) is 0 Å². The number of aromatic amines is 1. The predicted molar refractivity (Wildman–Crippen MR) is 164 cm³/mol. The van der Waals surface area contributed by atoms with Gasteiger partial charge < -0.3 is 20.8 Å². The summed E-state index contributed by atoms with van der Waals surface area (Å²) < 4.78 is 0. The number of allylic oxidation sites excluding steroid dienone is 2. The zero-order valence-electron chi connectivity index (χ0n) is 25.1. The maximum Gasteiger partial charge on any atom is 0.333 e. The molecule has 2 aromatic rings. The number of ketones is 1. The van der Waals surface area contributed by atoms with Crippen LogP contribution in [0, 0.1) is 0 Å². The maximum atomic E-state index is 12.5. The van der Waals surface area contributed by atoms with E-state index in [9.17, 15) is 9.59 Å². The molecule has 2 aliphatic rings. The van der Waals surface area contributed by atoms with Gasteiger partial charge in [-0.2, -0.15) is 5.10 Å². The lowest BCUT2D eigenvalue weighted by Gasteiger charge is -2.26. The van der Waals surface area contributed by atoms with E-state index in [0.717, 1.165) is 37.9 Å². The molecular weight excluding hydrogens is 508 g/mol. The second kappa shape index (κ2) is 21.5. The number of fused-ring (bicyclic) bond motifs is 3. The highest BCUT2D eigenvalue weighted by Gasteiger charge is 2.31. The quantitative estimate of drug-likeness (QED) is 0.236. The molecule has 6 N–H and O–H groups in total. The van der Waals surface area contributed by atoms with Crippen LogP contribution in [-0.4, -0.2) is 76.6 Å². The Morgan fingerprint density at radius 3 is 2.33 bits per heavy atom. The number of aromatic nitrogens is 2. The van der Waals surface area contributed by atoms with Crippen molar-refractivity contribution in [2.24, 2.45) is 0 Å². The number of amides is 2. The van der Waals surface area contributed by atoms with Crippen molar-refractivity contribution in [3.05, 3.63) is 60.3 Å². The number of hydrogen-bond acceptors (Lipinski definition) is 7. The third kappa shape index (κ3) is 12.7. The van der Waals surface area contributed by atoms with Crippen LogP contribution in [0.25, 0.3) is 11.3 Å². The second-order valence-corrected chi connectivity index (χ2v) is 8.94. The number of rotatable bonds is 6. The van der Waals surface area contributed by atoms with Crippen molar-refractivity contribution in [3.63, 3.8) is 0 Å². The van der Waals surface area contributed by atoms with Crippen molar-refractivity contribution in [2.45, 2.75) is 66.4 Å². The van der Waals surface area contributed by atoms with Crippen LogP contribution in [0.3, 0.4) is 0 Å². The first-order chi connectivity index (χ1) is 19.2. The molecule has 1 aliphatic heterocycles. The van der Waals surface area contributed by atoms with Gasteiger partial charge in [-0.25, -0.2) is 9.80 Å². The number of carbonyl (C=O) groups is 2. The van der Waals surface area contributed by atoms with E-state index >= 15 is 0 Å². The fourth-order valence-corrected chi connectivity index (χ4v) is 3.51. The number of hydrogen-bond donors (Lipinski definition) is 6. The van der Waals surface area contributed by atoms with Gasteiger partial charge in [-0.15, -0.1) is 13.2 Å². The minimum absolute atomic E-state index is 0.113. The monoisotopic (exact) mass is 558 g/mol. The number of aliphatic hydroxyl groups is 2. The zero-order valence-corrected chi connectivity index (χ0v) is 25.1. The molecule has 0 spiro atoms. The Morgan fingerprint density at radius 1 is 1.23 bits per heavy atom. The number of benzene rings is 1. The summed E-state index contributed by atoms with van der Waals surface area (Å²) in [6.07, 6.45) is 7.15. The Labute approximate surface area is 239 Å². The molecule has 224 valence electrons. The Balaban J connectivity index is 0.000000743. The summed E-state index contributed by atoms with van der Waals surface area (Å²) in [4.78, 5) is 24.7. The number of anilines is 1. The summed E-state index contributed by atoms with van der Waals surface area (Å²) in [6, 6.07) is 5.09. The molecule has 4 rings (SSSR count). The van der Waals surface area contributed by atoms with E-state index in [0.29, 0.717) is 29.1 Å². The number of hydrazine groups is 1. The highest BCUT2D eigenvalue weighted by atomic mass is 16.3. The summed E-state index contributed by atoms with van der Waals surface area (Å²) in [6.45, 7) is 19.1. The van der Waals surface area contributed by atoms with Crippen molar-refractivity contribution < 1.29 is 19.8 Å². The summed E-state index contributed by atoms with van der Waals surface area (Å²) in [5.41, 5.74) is 7.17. The fraction of sp³-hybridized carbons (Fsp3) is 0.500. The standard InChI is InChI=1S/C16H17N5O2.C5H10.C4H11NO2.C3H6.C2H6/c22-15-11-9-17-19-14(11)10-5-4-6-12(13(10)15)18-16(23)20-21-7-2-1-3-8-21;1-4-5(2)3;1-5-2-4(7)3-6;1-3-2;1-2/h4-6,9H,1-3,7-8H2,(H,17,19)(H2,18,20,23);2,4H2,1,3H3;4-7H,2-3H2,1H3;3H,1H2,2H3;1-2H3. The van der Waals surface area contributed by atoms with Crippen molar-refractivity contribution in [3.8, 4) is 11.3 Å². The lowest BCUT2D eigenvalue weighted by molar-refractivity contribution is 0.0961. The molecule has 1 aromatic heterocycles. The van der Waals surface area contributed by atoms with Gasteiger partial charge in [0.1, 0.15) is 0 Å². The second-order valence-electron chi connectivity index (χ2n) is 8.94. The van der Waals surface area contributed by atoms with Gasteiger partial charge in [0.05, 0.1) is 41.4 Å². The van der Waals surface area contributed by atoms with Gasteiger partial charge in [-0.05, 0) is 46.2 Å². The minimum Gasteiger partial charge on any atom is -0.394 e. The third-order valence-corrected chi connectivity index (χ3v) is 5.56. The van der Waals surface area contributed by atoms with Crippen LogP contribution in [0.1, 0.15) is 76.2 Å². The molecule has 1 unspecified atom stereocenters. The molecule has 0 bridgehead atoms. The Hall–Kier alpha value is -3.31. The Bertz CT molecular complexity index is 1030. The molecule has 0 saturated carbocycles. The number of nitrogens with one attached hydrogen (secondary N) is 4. The number of likely N-dealkylation sites (N-methyl/N-ethyl adjacent to an activating group) is 1. The predicted octanol–water partition coefficient (Wildman–Crippen LogP) is 4.89. The van der Waals surface area contributed by atoms with Gasteiger partial charge in [0.25, 0.3) is 0 Å². The first-order valence-electron chi connectivity index (χ1n) is 13.9. The van der Waals surface area contributed by atoms with E-state index in [4.69, 9.17) is 10.2 Å². The molecular formula is C30H50N6O4. The van der Waals surface area contributed by atoms with E-state index in [1.807, 2.05) is 44.8 Å². The highest BCUT2D eigenvalue weighted by molar-refractivity contribution is 6.24. The van der Waals surface area contributed by atoms with Crippen molar-refractivity contribution in [1.29, 1.82) is 0 Å². The molecule has 2 amide bonds. The summed E-state index contributed by atoms with van der Waals surface area (Å²) in [7, 11) is 1.72. The number of carbonyl (C=O) groups excluding carboxylic acids is 2. The molecule has 1 aromatic carbocycles. The first kappa shape index (κ1) is 36.7. The fourth-order valence-electron chi connectivity index (χ4n) is 3.51. The molecule has 0 radical (unpaired) electrons. The van der Waals surface area contributed by atoms with E-state index < -0.39 is 6.10 Å². The van der Waals surface area contributed by atoms with Gasteiger partial charge in [0.15, 0.2) is 5.78 Å². The molecule has 2 heterocycles. The summed E-state index contributed by atoms with van der Waals surface area (Å²) in [5, 5.41) is 30.9. The maximum absolute atomic E-state index is 12.5. The molecule has 1 fully saturated rings. The van der Waals surface area contributed by atoms with Crippen LogP contribution in [0.15, 0.2) is 49.2 Å². The summed E-state index contributed by atoms with van der Waals surface area (Å²) >= 11 is 0. The van der Waals surface area contributed by atoms with Crippen LogP contribution in [0.4, 0.5) is 10.5 Å². The Kier molecular flexibility index (Phi) is 19.7. The Morgan fingerprint density at radius 2 is 1.82 bits per heavy atom. The highest BCUT2D eigenvalue weighted by Crippen LogP contribution is 2.38. The van der Waals surface area contributed by atoms with Gasteiger partial charge in [0, 0.05) is 25.2 Å². The SMILES string of the molecule is C=C(C)CC.C=CC.CC.CNCC(O)CO.O=C(Nc1cccc2c1C(=O)c1cn[nH]c1-2)NN1CCCCC1. The lowest BCUT2D eigenvalue weighted by atomic mass is 10.1. The number of urea groups is 1. The average Bonchev–Trinajstić information content (AvgIpc) is 3.55. The van der Waals surface area contributed by atoms with Gasteiger partial charge in [-0.1, -0.05) is 51.0 Å². The zero-order chi connectivity index (χ0) is 30.5.